The van der Waals surface area contributed by atoms with Crippen molar-refractivity contribution in [3.05, 3.63) is 199 Å². The SMILES string of the molecule is [2H]c1c(-c2ccccc2-c2ccccc2)c([2H])c2c(oc3c([2H])c(-c4nc(-c5ccc(-c6ccccc6)cc5)nc(-c5ccc6c(c5)C(C)(C)c5ccccc5-6)n4)c([2H])c([2H])c32)c1[2H]. The van der Waals surface area contributed by atoms with Crippen LogP contribution in [0.1, 0.15) is 33.2 Å². The predicted molar refractivity (Wildman–Crippen MR) is 237 cm³/mol. The highest BCUT2D eigenvalue weighted by atomic mass is 16.3. The van der Waals surface area contributed by atoms with Crippen LogP contribution >= 0.6 is 0 Å². The summed E-state index contributed by atoms with van der Waals surface area (Å²) >= 11 is 0. The standard InChI is InChI=1S/C54H37N3O/c1-54(2)47-20-12-11-19-43(47)44-28-25-39(32-48(44)54)52-55-51(37-23-21-35(22-24-37)34-13-5-3-6-14-34)56-53(57-52)40-26-29-45-46-31-38(27-30-49(46)58-50(45)33-40)42-18-10-9-17-41(42)36-15-7-4-8-16-36/h3-33H,1-2H3/i26D,27D,29D,30D,31D,33D. The van der Waals surface area contributed by atoms with Crippen molar-refractivity contribution in [3.63, 3.8) is 0 Å². The number of furan rings is 1. The van der Waals surface area contributed by atoms with E-state index in [-0.39, 0.29) is 80.6 Å². The van der Waals surface area contributed by atoms with Crippen molar-refractivity contribution in [3.8, 4) is 78.7 Å². The highest BCUT2D eigenvalue weighted by molar-refractivity contribution is 6.07. The quantitative estimate of drug-likeness (QED) is 0.170. The van der Waals surface area contributed by atoms with E-state index in [0.29, 0.717) is 22.8 Å². The van der Waals surface area contributed by atoms with Crippen molar-refractivity contribution in [1.82, 2.24) is 15.0 Å². The molecule has 2 heterocycles. The Hall–Kier alpha value is -7.43. The lowest BCUT2D eigenvalue weighted by Crippen LogP contribution is -2.15. The van der Waals surface area contributed by atoms with Gasteiger partial charge in [0.2, 0.25) is 0 Å². The van der Waals surface area contributed by atoms with E-state index >= 15 is 0 Å². The van der Waals surface area contributed by atoms with Gasteiger partial charge in [-0.05, 0) is 85.9 Å². The van der Waals surface area contributed by atoms with Gasteiger partial charge in [0, 0.05) is 32.9 Å². The molecule has 1 aliphatic carbocycles. The minimum Gasteiger partial charge on any atom is -0.456 e. The Kier molecular flexibility index (Phi) is 6.46. The molecule has 4 nitrogen and oxygen atoms in total. The summed E-state index contributed by atoms with van der Waals surface area (Å²) < 4.78 is 62.8. The molecule has 58 heavy (non-hydrogen) atoms. The average Bonchev–Trinajstić information content (AvgIpc) is 3.85. The molecule has 4 heteroatoms. The van der Waals surface area contributed by atoms with Gasteiger partial charge in [-0.1, -0.05) is 172 Å². The van der Waals surface area contributed by atoms with Crippen molar-refractivity contribution < 1.29 is 12.6 Å². The van der Waals surface area contributed by atoms with Gasteiger partial charge in [0.1, 0.15) is 11.2 Å². The number of benzene rings is 8. The van der Waals surface area contributed by atoms with Crippen LogP contribution in [-0.4, -0.2) is 15.0 Å². The van der Waals surface area contributed by atoms with Crippen molar-refractivity contribution in [2.45, 2.75) is 19.3 Å². The Morgan fingerprint density at radius 1 is 0.397 bits per heavy atom. The normalized spacial score (nSPS) is 14.2. The molecule has 0 radical (unpaired) electrons. The number of fused-ring (bicyclic) bond motifs is 6. The van der Waals surface area contributed by atoms with E-state index in [4.69, 9.17) is 20.7 Å². The molecule has 0 fully saturated rings. The topological polar surface area (TPSA) is 51.8 Å². The third-order valence-corrected chi connectivity index (χ3v) is 11.2. The zero-order valence-electron chi connectivity index (χ0n) is 37.7. The van der Waals surface area contributed by atoms with E-state index in [0.717, 1.165) is 38.9 Å². The lowest BCUT2D eigenvalue weighted by molar-refractivity contribution is 0.660. The summed E-state index contributed by atoms with van der Waals surface area (Å²) in [5.41, 5.74) is 10.1. The predicted octanol–water partition coefficient (Wildman–Crippen LogP) is 14.1. The Morgan fingerprint density at radius 2 is 0.931 bits per heavy atom. The average molecular weight is 750 g/mol. The Morgan fingerprint density at radius 3 is 1.67 bits per heavy atom. The van der Waals surface area contributed by atoms with Gasteiger partial charge in [0.15, 0.2) is 17.5 Å². The molecular weight excluding hydrogens is 707 g/mol. The fraction of sp³-hybridized carbons (Fsp3) is 0.0556. The summed E-state index contributed by atoms with van der Waals surface area (Å²) in [5, 5.41) is 0.154. The Bertz CT molecular complexity index is 3530. The van der Waals surface area contributed by atoms with Gasteiger partial charge in [-0.15, -0.1) is 0 Å². The zero-order valence-corrected chi connectivity index (χ0v) is 31.7. The third-order valence-electron chi connectivity index (χ3n) is 11.2. The summed E-state index contributed by atoms with van der Waals surface area (Å²) in [6.45, 7) is 4.41. The molecule has 0 atom stereocenters. The van der Waals surface area contributed by atoms with Crippen LogP contribution in [0.2, 0.25) is 0 Å². The third kappa shape index (κ3) is 5.64. The maximum Gasteiger partial charge on any atom is 0.164 e. The van der Waals surface area contributed by atoms with E-state index in [2.05, 4.69) is 44.2 Å². The van der Waals surface area contributed by atoms with E-state index < -0.39 is 0 Å². The number of nitrogens with zero attached hydrogens (tertiary/aromatic N) is 3. The van der Waals surface area contributed by atoms with Gasteiger partial charge >= 0.3 is 0 Å². The van der Waals surface area contributed by atoms with Gasteiger partial charge in [-0.3, -0.25) is 0 Å². The minimum absolute atomic E-state index is 0.0110. The highest BCUT2D eigenvalue weighted by Crippen LogP contribution is 2.49. The summed E-state index contributed by atoms with van der Waals surface area (Å²) in [6, 6.07) is 48.1. The minimum atomic E-state index is -0.333. The van der Waals surface area contributed by atoms with Gasteiger partial charge < -0.3 is 4.42 Å². The molecule has 0 saturated carbocycles. The molecule has 0 unspecified atom stereocenters. The molecule has 0 spiro atoms. The molecule has 2 aromatic heterocycles. The van der Waals surface area contributed by atoms with Crippen molar-refractivity contribution >= 4 is 21.9 Å². The van der Waals surface area contributed by atoms with E-state index in [1.54, 1.807) is 0 Å². The maximum absolute atomic E-state index is 9.64. The number of rotatable bonds is 6. The van der Waals surface area contributed by atoms with Gasteiger partial charge in [0.25, 0.3) is 0 Å². The first kappa shape index (κ1) is 28.0. The number of hydrogen-bond donors (Lipinski definition) is 0. The van der Waals surface area contributed by atoms with Crippen LogP contribution in [0.3, 0.4) is 0 Å². The summed E-state index contributed by atoms with van der Waals surface area (Å²) in [6.07, 6.45) is 0. The second-order valence-electron chi connectivity index (χ2n) is 15.1. The van der Waals surface area contributed by atoms with Gasteiger partial charge in [-0.2, -0.15) is 0 Å². The first-order valence-electron chi connectivity index (χ1n) is 22.3. The molecule has 0 saturated heterocycles. The van der Waals surface area contributed by atoms with Gasteiger partial charge in [0.05, 0.1) is 8.22 Å². The zero-order chi connectivity index (χ0) is 44.0. The molecule has 0 aliphatic heterocycles. The first-order valence-corrected chi connectivity index (χ1v) is 19.3. The first-order chi connectivity index (χ1) is 31.0. The Labute approximate surface area is 345 Å². The number of aromatic nitrogens is 3. The van der Waals surface area contributed by atoms with Gasteiger partial charge in [-0.25, -0.2) is 15.0 Å². The molecule has 0 N–H and O–H groups in total. The second kappa shape index (κ2) is 13.4. The monoisotopic (exact) mass is 749 g/mol. The van der Waals surface area contributed by atoms with Crippen LogP contribution in [0.15, 0.2) is 192 Å². The number of hydrogen-bond acceptors (Lipinski definition) is 4. The van der Waals surface area contributed by atoms with Crippen LogP contribution in [0.25, 0.3) is 101 Å². The summed E-state index contributed by atoms with van der Waals surface area (Å²) in [5.74, 6) is 0.663. The lowest BCUT2D eigenvalue weighted by Gasteiger charge is -2.21. The van der Waals surface area contributed by atoms with Crippen molar-refractivity contribution in [2.75, 3.05) is 0 Å². The van der Waals surface area contributed by atoms with Crippen LogP contribution in [0, 0.1) is 0 Å². The second-order valence-corrected chi connectivity index (χ2v) is 15.1. The van der Waals surface area contributed by atoms with Crippen molar-refractivity contribution in [1.29, 1.82) is 0 Å². The molecule has 11 rings (SSSR count). The summed E-state index contributed by atoms with van der Waals surface area (Å²) in [4.78, 5) is 14.9. The molecule has 1 aliphatic rings. The lowest BCUT2D eigenvalue weighted by atomic mass is 9.82. The molecule has 8 aromatic carbocycles. The molecule has 0 amide bonds. The van der Waals surface area contributed by atoms with Crippen LogP contribution < -0.4 is 0 Å². The fourth-order valence-corrected chi connectivity index (χ4v) is 8.24. The Balaban J connectivity index is 1.12. The maximum atomic E-state index is 9.64. The molecule has 10 aromatic rings. The largest absolute Gasteiger partial charge is 0.456 e. The van der Waals surface area contributed by atoms with E-state index in [1.165, 1.54) is 11.1 Å². The molecule has 0 bridgehead atoms. The highest BCUT2D eigenvalue weighted by Gasteiger charge is 2.35. The van der Waals surface area contributed by atoms with Crippen LogP contribution in [0.5, 0.6) is 0 Å². The van der Waals surface area contributed by atoms with Crippen LogP contribution in [-0.2, 0) is 5.41 Å². The summed E-state index contributed by atoms with van der Waals surface area (Å²) in [7, 11) is 0. The smallest absolute Gasteiger partial charge is 0.164 e. The molecule has 274 valence electrons. The molecular formula is C54H37N3O. The fourth-order valence-electron chi connectivity index (χ4n) is 8.24. The van der Waals surface area contributed by atoms with E-state index in [9.17, 15) is 6.85 Å². The van der Waals surface area contributed by atoms with Crippen molar-refractivity contribution in [2.24, 2.45) is 0 Å². The van der Waals surface area contributed by atoms with Crippen LogP contribution in [0.4, 0.5) is 0 Å². The van der Waals surface area contributed by atoms with E-state index in [1.807, 2.05) is 121 Å².